The summed E-state index contributed by atoms with van der Waals surface area (Å²) in [6, 6.07) is 4.34. The summed E-state index contributed by atoms with van der Waals surface area (Å²) in [5, 5.41) is 3.31. The highest BCUT2D eigenvalue weighted by Gasteiger charge is 2.32. The molecule has 0 unspecified atom stereocenters. The van der Waals surface area contributed by atoms with E-state index in [1.54, 1.807) is 13.2 Å². The molecular weight excluding hydrogens is 404 g/mol. The van der Waals surface area contributed by atoms with E-state index in [0.29, 0.717) is 11.7 Å². The van der Waals surface area contributed by atoms with Gasteiger partial charge in [0.05, 0.1) is 7.11 Å². The fraction of sp³-hybridized carbons (Fsp3) is 0.667. The first-order valence-electron chi connectivity index (χ1n) is 8.68. The van der Waals surface area contributed by atoms with Crippen LogP contribution in [-0.4, -0.2) is 44.6 Å². The first-order chi connectivity index (χ1) is 11.8. The molecule has 27 heavy (non-hydrogen) atoms. The molecule has 2 rings (SSSR count). The molecule has 1 atom stereocenters. The van der Waals surface area contributed by atoms with Gasteiger partial charge in [-0.15, -0.1) is 38.0 Å². The van der Waals surface area contributed by atoms with E-state index in [9.17, 15) is 13.2 Å². The fourth-order valence-corrected chi connectivity index (χ4v) is 3.19. The summed E-state index contributed by atoms with van der Waals surface area (Å²) in [5.41, 5.74) is 0.756. The summed E-state index contributed by atoms with van der Waals surface area (Å²) in [6.45, 7) is 7.76. The number of halogens is 5. The molecule has 1 aromatic rings. The molecule has 158 valence electrons. The van der Waals surface area contributed by atoms with Gasteiger partial charge in [0.25, 0.3) is 0 Å². The molecule has 0 aliphatic carbocycles. The lowest BCUT2D eigenvalue weighted by Gasteiger charge is -2.36. The third-order valence-electron chi connectivity index (χ3n) is 4.40. The number of nitrogens with one attached hydrogen (secondary N) is 1. The maximum Gasteiger partial charge on any atom is 0.573 e. The largest absolute Gasteiger partial charge is 0.573 e. The first-order valence-corrected chi connectivity index (χ1v) is 8.68. The Bertz CT molecular complexity index is 554. The Morgan fingerprint density at radius 2 is 1.74 bits per heavy atom. The molecule has 0 spiro atoms. The summed E-state index contributed by atoms with van der Waals surface area (Å²) in [4.78, 5) is 2.31. The van der Waals surface area contributed by atoms with Gasteiger partial charge in [0.15, 0.2) is 0 Å². The molecule has 0 radical (unpaired) electrons. The van der Waals surface area contributed by atoms with Crippen molar-refractivity contribution in [3.63, 3.8) is 0 Å². The Hall–Kier alpha value is -0.890. The number of rotatable bonds is 7. The highest BCUT2D eigenvalue weighted by Crippen LogP contribution is 2.37. The summed E-state index contributed by atoms with van der Waals surface area (Å²) in [6.07, 6.45) is -2.85. The van der Waals surface area contributed by atoms with Gasteiger partial charge in [-0.3, -0.25) is 4.90 Å². The molecule has 0 saturated carbocycles. The molecule has 1 fully saturated rings. The van der Waals surface area contributed by atoms with Gasteiger partial charge in [-0.25, -0.2) is 0 Å². The van der Waals surface area contributed by atoms with Crippen LogP contribution in [0.4, 0.5) is 13.2 Å². The van der Waals surface area contributed by atoms with E-state index in [2.05, 4.69) is 28.8 Å². The monoisotopic (exact) mass is 432 g/mol. The van der Waals surface area contributed by atoms with E-state index in [1.165, 1.54) is 12.1 Å². The number of ether oxygens (including phenoxy) is 2. The van der Waals surface area contributed by atoms with Crippen molar-refractivity contribution in [2.24, 2.45) is 5.92 Å². The zero-order valence-electron chi connectivity index (χ0n) is 15.8. The number of nitrogens with zero attached hydrogens (tertiary/aromatic N) is 1. The normalized spacial score (nSPS) is 16.3. The van der Waals surface area contributed by atoms with Gasteiger partial charge in [-0.2, -0.15) is 0 Å². The van der Waals surface area contributed by atoms with Crippen molar-refractivity contribution < 1.29 is 22.6 Å². The summed E-state index contributed by atoms with van der Waals surface area (Å²) < 4.78 is 47.3. The predicted molar refractivity (Wildman–Crippen MR) is 105 cm³/mol. The molecule has 1 aromatic carbocycles. The van der Waals surface area contributed by atoms with Crippen molar-refractivity contribution in [1.82, 2.24) is 10.2 Å². The Morgan fingerprint density at radius 1 is 1.11 bits per heavy atom. The maximum absolute atomic E-state index is 12.6. The van der Waals surface area contributed by atoms with Crippen molar-refractivity contribution in [3.8, 4) is 11.5 Å². The van der Waals surface area contributed by atoms with Gasteiger partial charge >= 0.3 is 6.36 Å². The van der Waals surface area contributed by atoms with Crippen molar-refractivity contribution in [2.45, 2.75) is 39.1 Å². The molecule has 9 heteroatoms. The van der Waals surface area contributed by atoms with Gasteiger partial charge in [0.1, 0.15) is 11.5 Å². The van der Waals surface area contributed by atoms with Crippen LogP contribution in [0.25, 0.3) is 0 Å². The summed E-state index contributed by atoms with van der Waals surface area (Å²) in [7, 11) is 1.54. The Balaban J connectivity index is 0.00000338. The van der Waals surface area contributed by atoms with Gasteiger partial charge in [-0.05, 0) is 37.0 Å². The molecule has 1 saturated heterocycles. The van der Waals surface area contributed by atoms with Crippen LogP contribution in [-0.2, 0) is 0 Å². The average Bonchev–Trinajstić information content (AvgIpc) is 2.54. The molecule has 1 heterocycles. The third-order valence-corrected chi connectivity index (χ3v) is 4.40. The molecule has 0 aromatic heterocycles. The summed E-state index contributed by atoms with van der Waals surface area (Å²) >= 11 is 0. The second-order valence-electron chi connectivity index (χ2n) is 6.72. The van der Waals surface area contributed by atoms with Gasteiger partial charge in [-0.1, -0.05) is 13.8 Å². The lowest BCUT2D eigenvalue weighted by Crippen LogP contribution is -2.45. The maximum atomic E-state index is 12.6. The quantitative estimate of drug-likeness (QED) is 0.669. The number of piperazine rings is 1. The zero-order valence-corrected chi connectivity index (χ0v) is 17.5. The Kier molecular flexibility index (Phi) is 11.5. The van der Waals surface area contributed by atoms with E-state index in [4.69, 9.17) is 4.74 Å². The highest BCUT2D eigenvalue weighted by molar-refractivity contribution is 5.85. The third kappa shape index (κ3) is 8.34. The van der Waals surface area contributed by atoms with Crippen LogP contribution >= 0.6 is 24.8 Å². The van der Waals surface area contributed by atoms with Crippen LogP contribution in [0.15, 0.2) is 18.2 Å². The first kappa shape index (κ1) is 26.1. The number of alkyl halides is 3. The van der Waals surface area contributed by atoms with E-state index in [-0.39, 0.29) is 36.6 Å². The minimum absolute atomic E-state index is 0. The Morgan fingerprint density at radius 3 is 2.26 bits per heavy atom. The van der Waals surface area contributed by atoms with E-state index >= 15 is 0 Å². The van der Waals surface area contributed by atoms with Gasteiger partial charge in [0.2, 0.25) is 0 Å². The SMILES string of the molecule is COc1ccc(OC(F)(F)F)cc1[C@H](CCC(C)C)N1CCNCC1.Cl.Cl. The molecule has 4 nitrogen and oxygen atoms in total. The number of benzene rings is 1. The second-order valence-corrected chi connectivity index (χ2v) is 6.72. The molecule has 0 amide bonds. The molecule has 1 aliphatic heterocycles. The number of hydrogen-bond donors (Lipinski definition) is 1. The average molecular weight is 433 g/mol. The van der Waals surface area contributed by atoms with Crippen molar-refractivity contribution in [3.05, 3.63) is 23.8 Å². The number of methoxy groups -OCH3 is 1. The van der Waals surface area contributed by atoms with Crippen LogP contribution in [0.3, 0.4) is 0 Å². The van der Waals surface area contributed by atoms with Crippen molar-refractivity contribution >= 4 is 24.8 Å². The minimum atomic E-state index is -4.70. The topological polar surface area (TPSA) is 33.7 Å². The lowest BCUT2D eigenvalue weighted by atomic mass is 9.95. The zero-order chi connectivity index (χ0) is 18.4. The van der Waals surface area contributed by atoms with E-state index < -0.39 is 6.36 Å². The van der Waals surface area contributed by atoms with Crippen molar-refractivity contribution in [1.29, 1.82) is 0 Å². The highest BCUT2D eigenvalue weighted by atomic mass is 35.5. The minimum Gasteiger partial charge on any atom is -0.496 e. The van der Waals surface area contributed by atoms with Crippen molar-refractivity contribution in [2.75, 3.05) is 33.3 Å². The van der Waals surface area contributed by atoms with Crippen LogP contribution in [0.5, 0.6) is 11.5 Å². The summed E-state index contributed by atoms with van der Waals surface area (Å²) in [5.74, 6) is 0.917. The number of hydrogen-bond acceptors (Lipinski definition) is 4. The lowest BCUT2D eigenvalue weighted by molar-refractivity contribution is -0.274. The van der Waals surface area contributed by atoms with Gasteiger partial charge in [0, 0.05) is 37.8 Å². The molecule has 1 aliphatic rings. The van der Waals surface area contributed by atoms with E-state index in [1.807, 2.05) is 0 Å². The van der Waals surface area contributed by atoms with E-state index in [0.717, 1.165) is 44.6 Å². The molecule has 0 bridgehead atoms. The predicted octanol–water partition coefficient (Wildman–Crippen LogP) is 4.82. The smallest absolute Gasteiger partial charge is 0.496 e. The second kappa shape index (κ2) is 11.8. The van der Waals surface area contributed by atoms with Crippen LogP contribution < -0.4 is 14.8 Å². The fourth-order valence-electron chi connectivity index (χ4n) is 3.19. The van der Waals surface area contributed by atoms with Crippen LogP contribution in [0.1, 0.15) is 38.3 Å². The van der Waals surface area contributed by atoms with Gasteiger partial charge < -0.3 is 14.8 Å². The van der Waals surface area contributed by atoms with Crippen LogP contribution in [0.2, 0.25) is 0 Å². The standard InChI is InChI=1S/C18H27F3N2O2.2ClH/c1-13(2)4-6-16(23-10-8-22-9-11-23)15-12-14(25-18(19,20)21)5-7-17(15)24-3;;/h5,7,12-13,16,22H,4,6,8-11H2,1-3H3;2*1H/t16-;;/m0../s1. The molecule has 1 N–H and O–H groups in total. The molecular formula is C18H29Cl2F3N2O2. The Labute approximate surface area is 171 Å². The van der Waals surface area contributed by atoms with Crippen LogP contribution in [0, 0.1) is 5.92 Å².